The van der Waals surface area contributed by atoms with Crippen LogP contribution in [0.1, 0.15) is 27.9 Å². The minimum Gasteiger partial charge on any atom is -0.493 e. The number of rotatable bonds is 8. The second-order valence-corrected chi connectivity index (χ2v) is 6.66. The van der Waals surface area contributed by atoms with Gasteiger partial charge in [-0.05, 0) is 48.4 Å². The Morgan fingerprint density at radius 1 is 0.800 bits per heavy atom. The molecule has 0 unspecified atom stereocenters. The first-order valence-electron chi connectivity index (χ1n) is 9.66. The third kappa shape index (κ3) is 6.38. The molecule has 0 heterocycles. The van der Waals surface area contributed by atoms with Crippen LogP contribution in [-0.4, -0.2) is 18.4 Å². The van der Waals surface area contributed by atoms with E-state index in [0.717, 1.165) is 22.6 Å². The molecule has 0 aromatic heterocycles. The van der Waals surface area contributed by atoms with Gasteiger partial charge in [-0.3, -0.25) is 20.4 Å². The Bertz CT molecular complexity index is 972. The van der Waals surface area contributed by atoms with Crippen molar-refractivity contribution in [1.29, 1.82) is 0 Å². The van der Waals surface area contributed by atoms with E-state index < -0.39 is 5.91 Å². The molecule has 0 fully saturated rings. The average Bonchev–Trinajstić information content (AvgIpc) is 2.78. The molecule has 3 aromatic carbocycles. The summed E-state index contributed by atoms with van der Waals surface area (Å²) in [5, 5.41) is 0. The van der Waals surface area contributed by atoms with Crippen LogP contribution in [-0.2, 0) is 11.4 Å². The summed E-state index contributed by atoms with van der Waals surface area (Å²) in [6.07, 6.45) is 0.129. The Morgan fingerprint density at radius 3 is 2.23 bits per heavy atom. The van der Waals surface area contributed by atoms with Crippen molar-refractivity contribution in [3.05, 3.63) is 95.6 Å². The van der Waals surface area contributed by atoms with Gasteiger partial charge in [-0.15, -0.1) is 0 Å². The molecule has 2 N–H and O–H groups in total. The molecule has 0 bridgehead atoms. The molecule has 0 saturated carbocycles. The van der Waals surface area contributed by atoms with Gasteiger partial charge in [-0.2, -0.15) is 0 Å². The molecule has 0 saturated heterocycles. The lowest BCUT2D eigenvalue weighted by Gasteiger charge is -2.10. The number of hydrazine groups is 1. The SMILES string of the molecule is Cc1ccccc1OCCC(=O)NNC(=O)c1ccc(COc2ccccc2)cc1. The number of carbonyl (C=O) groups is 2. The summed E-state index contributed by atoms with van der Waals surface area (Å²) >= 11 is 0. The molecule has 154 valence electrons. The van der Waals surface area contributed by atoms with Gasteiger partial charge in [0, 0.05) is 5.56 Å². The number of nitrogens with one attached hydrogen (secondary N) is 2. The highest BCUT2D eigenvalue weighted by Gasteiger charge is 2.08. The van der Waals surface area contributed by atoms with Gasteiger partial charge >= 0.3 is 0 Å². The van der Waals surface area contributed by atoms with Gasteiger partial charge in [0.05, 0.1) is 13.0 Å². The highest BCUT2D eigenvalue weighted by molar-refractivity contribution is 5.95. The van der Waals surface area contributed by atoms with Crippen LogP contribution in [0.2, 0.25) is 0 Å². The topological polar surface area (TPSA) is 76.7 Å². The van der Waals surface area contributed by atoms with Crippen molar-refractivity contribution in [3.63, 3.8) is 0 Å². The quantitative estimate of drug-likeness (QED) is 0.560. The minimum atomic E-state index is -0.390. The molecule has 0 aliphatic heterocycles. The maximum absolute atomic E-state index is 12.2. The zero-order chi connectivity index (χ0) is 21.2. The molecule has 0 spiro atoms. The predicted octanol–water partition coefficient (Wildman–Crippen LogP) is 3.80. The number of ether oxygens (including phenoxy) is 2. The molecule has 30 heavy (non-hydrogen) atoms. The average molecular weight is 404 g/mol. The fourth-order valence-electron chi connectivity index (χ4n) is 2.67. The number of hydrogen-bond donors (Lipinski definition) is 2. The van der Waals surface area contributed by atoms with Crippen LogP contribution in [0.3, 0.4) is 0 Å². The molecule has 3 aromatic rings. The van der Waals surface area contributed by atoms with Crippen molar-refractivity contribution in [2.75, 3.05) is 6.61 Å². The van der Waals surface area contributed by atoms with Crippen molar-refractivity contribution in [1.82, 2.24) is 10.9 Å². The number of benzene rings is 3. The summed E-state index contributed by atoms with van der Waals surface area (Å²) in [4.78, 5) is 24.1. The molecule has 2 amide bonds. The smallest absolute Gasteiger partial charge is 0.269 e. The van der Waals surface area contributed by atoms with E-state index >= 15 is 0 Å². The largest absolute Gasteiger partial charge is 0.493 e. The minimum absolute atomic E-state index is 0.129. The molecule has 3 rings (SSSR count). The van der Waals surface area contributed by atoms with Crippen LogP contribution in [0.4, 0.5) is 0 Å². The van der Waals surface area contributed by atoms with Gasteiger partial charge in [0.25, 0.3) is 5.91 Å². The Balaban J connectivity index is 1.38. The number of amides is 2. The Kier molecular flexibility index (Phi) is 7.44. The van der Waals surface area contributed by atoms with Gasteiger partial charge in [-0.25, -0.2) is 0 Å². The second kappa shape index (κ2) is 10.7. The zero-order valence-electron chi connectivity index (χ0n) is 16.8. The van der Waals surface area contributed by atoms with Crippen LogP contribution in [0.15, 0.2) is 78.9 Å². The normalized spacial score (nSPS) is 10.2. The van der Waals surface area contributed by atoms with E-state index in [0.29, 0.717) is 12.2 Å². The number of aryl methyl sites for hydroxylation is 1. The van der Waals surface area contributed by atoms with Crippen LogP contribution < -0.4 is 20.3 Å². The van der Waals surface area contributed by atoms with Crippen molar-refractivity contribution in [3.8, 4) is 11.5 Å². The zero-order valence-corrected chi connectivity index (χ0v) is 16.8. The first-order valence-corrected chi connectivity index (χ1v) is 9.66. The van der Waals surface area contributed by atoms with Crippen molar-refractivity contribution in [2.24, 2.45) is 0 Å². The Labute approximate surface area is 175 Å². The molecular formula is C24H24N2O4. The number of hydrogen-bond acceptors (Lipinski definition) is 4. The number of carbonyl (C=O) groups excluding carboxylic acids is 2. The molecule has 0 atom stereocenters. The maximum Gasteiger partial charge on any atom is 0.269 e. The van der Waals surface area contributed by atoms with Crippen LogP contribution in [0, 0.1) is 6.92 Å². The summed E-state index contributed by atoms with van der Waals surface area (Å²) in [5.41, 5.74) is 7.19. The van der Waals surface area contributed by atoms with Gasteiger partial charge < -0.3 is 9.47 Å². The third-order valence-corrected chi connectivity index (χ3v) is 4.36. The van der Waals surface area contributed by atoms with E-state index in [2.05, 4.69) is 10.9 Å². The maximum atomic E-state index is 12.2. The van der Waals surface area contributed by atoms with Gasteiger partial charge in [0.15, 0.2) is 0 Å². The summed E-state index contributed by atoms with van der Waals surface area (Å²) in [6.45, 7) is 2.57. The van der Waals surface area contributed by atoms with Gasteiger partial charge in [0.1, 0.15) is 18.1 Å². The van der Waals surface area contributed by atoms with Gasteiger partial charge in [-0.1, -0.05) is 48.5 Å². The van der Waals surface area contributed by atoms with E-state index in [1.807, 2.05) is 73.7 Å². The van der Waals surface area contributed by atoms with E-state index in [-0.39, 0.29) is 18.9 Å². The monoisotopic (exact) mass is 404 g/mol. The molecule has 0 aliphatic rings. The first kappa shape index (κ1) is 20.9. The Morgan fingerprint density at radius 2 is 1.50 bits per heavy atom. The Hall–Kier alpha value is -3.80. The molecule has 0 aliphatic carbocycles. The highest BCUT2D eigenvalue weighted by Crippen LogP contribution is 2.16. The van der Waals surface area contributed by atoms with Crippen molar-refractivity contribution < 1.29 is 19.1 Å². The predicted molar refractivity (Wildman–Crippen MR) is 114 cm³/mol. The van der Waals surface area contributed by atoms with E-state index in [1.165, 1.54) is 0 Å². The molecule has 6 nitrogen and oxygen atoms in total. The highest BCUT2D eigenvalue weighted by atomic mass is 16.5. The molecular weight excluding hydrogens is 380 g/mol. The standard InChI is InChI=1S/C24H24N2O4/c1-18-7-5-6-10-22(18)29-16-15-23(27)25-26-24(28)20-13-11-19(12-14-20)17-30-21-8-3-2-4-9-21/h2-14H,15-17H2,1H3,(H,25,27)(H,26,28). The summed E-state index contributed by atoms with van der Waals surface area (Å²) in [6, 6.07) is 24.1. The second-order valence-electron chi connectivity index (χ2n) is 6.66. The van der Waals surface area contributed by atoms with Crippen LogP contribution in [0.5, 0.6) is 11.5 Å². The van der Waals surface area contributed by atoms with Crippen LogP contribution >= 0.6 is 0 Å². The summed E-state index contributed by atoms with van der Waals surface area (Å²) < 4.78 is 11.3. The number of para-hydroxylation sites is 2. The fourth-order valence-corrected chi connectivity index (χ4v) is 2.67. The van der Waals surface area contributed by atoms with E-state index in [1.54, 1.807) is 12.1 Å². The molecule has 6 heteroatoms. The van der Waals surface area contributed by atoms with Gasteiger partial charge in [0.2, 0.25) is 5.91 Å². The first-order chi connectivity index (χ1) is 14.6. The van der Waals surface area contributed by atoms with Crippen molar-refractivity contribution >= 4 is 11.8 Å². The lowest BCUT2D eigenvalue weighted by molar-refractivity contribution is -0.122. The lowest BCUT2D eigenvalue weighted by Crippen LogP contribution is -2.42. The third-order valence-electron chi connectivity index (χ3n) is 4.36. The van der Waals surface area contributed by atoms with E-state index in [9.17, 15) is 9.59 Å². The van der Waals surface area contributed by atoms with E-state index in [4.69, 9.17) is 9.47 Å². The fraction of sp³-hybridized carbons (Fsp3) is 0.167. The van der Waals surface area contributed by atoms with Crippen molar-refractivity contribution in [2.45, 2.75) is 20.0 Å². The molecule has 0 radical (unpaired) electrons. The lowest BCUT2D eigenvalue weighted by atomic mass is 10.1. The summed E-state index contributed by atoms with van der Waals surface area (Å²) in [7, 11) is 0. The summed E-state index contributed by atoms with van der Waals surface area (Å²) in [5.74, 6) is 0.808. The van der Waals surface area contributed by atoms with Crippen LogP contribution in [0.25, 0.3) is 0 Å².